The van der Waals surface area contributed by atoms with Crippen LogP contribution in [0.2, 0.25) is 0 Å². The Labute approximate surface area is 167 Å². The largest absolute Gasteiger partial charge is 0.464 e. The number of hydrogen-bond acceptors (Lipinski definition) is 6. The molecule has 29 heavy (non-hydrogen) atoms. The molecule has 1 N–H and O–H groups in total. The molecule has 1 spiro atoms. The summed E-state index contributed by atoms with van der Waals surface area (Å²) >= 11 is 0. The lowest BCUT2D eigenvalue weighted by molar-refractivity contribution is -0.144. The number of ether oxygens (including phenoxy) is 1. The van der Waals surface area contributed by atoms with E-state index in [1.807, 2.05) is 0 Å². The highest BCUT2D eigenvalue weighted by Gasteiger charge is 2.52. The van der Waals surface area contributed by atoms with E-state index >= 15 is 0 Å². The number of amides is 5. The summed E-state index contributed by atoms with van der Waals surface area (Å²) in [5, 5.41) is 2.76. The van der Waals surface area contributed by atoms with Gasteiger partial charge in [0.05, 0.1) is 24.1 Å². The third-order valence-electron chi connectivity index (χ3n) is 5.70. The Bertz CT molecular complexity index is 870. The molecule has 2 fully saturated rings. The van der Waals surface area contributed by atoms with Crippen LogP contribution in [0.3, 0.4) is 0 Å². The number of carbonyl (C=O) groups excluding carboxylic acids is 5. The van der Waals surface area contributed by atoms with E-state index in [-0.39, 0.29) is 32.0 Å². The molecule has 3 aliphatic rings. The molecule has 9 heteroatoms. The van der Waals surface area contributed by atoms with Crippen LogP contribution in [0, 0.1) is 0 Å². The molecule has 2 heterocycles. The van der Waals surface area contributed by atoms with E-state index < -0.39 is 29.4 Å². The van der Waals surface area contributed by atoms with E-state index in [0.717, 1.165) is 22.6 Å². The Morgan fingerprint density at radius 1 is 0.966 bits per heavy atom. The van der Waals surface area contributed by atoms with E-state index in [9.17, 15) is 24.0 Å². The van der Waals surface area contributed by atoms with E-state index in [0.29, 0.717) is 24.0 Å². The van der Waals surface area contributed by atoms with Gasteiger partial charge in [0.25, 0.3) is 17.7 Å². The molecule has 1 aliphatic carbocycles. The third kappa shape index (κ3) is 3.26. The number of nitrogens with zero attached hydrogens (tertiary/aromatic N) is 2. The van der Waals surface area contributed by atoms with Gasteiger partial charge in [-0.15, -0.1) is 0 Å². The van der Waals surface area contributed by atoms with Gasteiger partial charge in [-0.2, -0.15) is 0 Å². The van der Waals surface area contributed by atoms with Crippen LogP contribution in [-0.2, 0) is 14.3 Å². The quantitative estimate of drug-likeness (QED) is 0.435. The van der Waals surface area contributed by atoms with Gasteiger partial charge in [-0.3, -0.25) is 29.0 Å². The van der Waals surface area contributed by atoms with Gasteiger partial charge >= 0.3 is 12.0 Å². The fraction of sp³-hybridized carbons (Fsp3) is 0.450. The Hall–Kier alpha value is -3.23. The maximum Gasteiger partial charge on any atom is 0.325 e. The Morgan fingerprint density at radius 3 is 2.21 bits per heavy atom. The monoisotopic (exact) mass is 399 g/mol. The standard InChI is InChI=1S/C20H21N3O6/c24-15(7-10-23-18(27)20(21-19(23)28)8-3-4-9-20)29-12-11-22-16(25)13-5-1-2-6-14(13)17(22)26/h1-2,5-6H,3-4,7-12H2,(H,21,28). The lowest BCUT2D eigenvalue weighted by atomic mass is 9.98. The van der Waals surface area contributed by atoms with Crippen molar-refractivity contribution in [1.29, 1.82) is 0 Å². The first kappa shape index (κ1) is 19.1. The number of carbonyl (C=O) groups is 5. The van der Waals surface area contributed by atoms with Crippen molar-refractivity contribution in [1.82, 2.24) is 15.1 Å². The molecule has 9 nitrogen and oxygen atoms in total. The maximum absolute atomic E-state index is 12.5. The normalized spacial score (nSPS) is 19.9. The van der Waals surface area contributed by atoms with Crippen LogP contribution < -0.4 is 5.32 Å². The number of urea groups is 1. The molecule has 1 saturated carbocycles. The van der Waals surface area contributed by atoms with Crippen LogP contribution in [0.15, 0.2) is 24.3 Å². The molecule has 5 amide bonds. The molecule has 4 rings (SSSR count). The van der Waals surface area contributed by atoms with Crippen LogP contribution in [0.1, 0.15) is 52.8 Å². The predicted octanol–water partition coefficient (Wildman–Crippen LogP) is 1.08. The summed E-state index contributed by atoms with van der Waals surface area (Å²) in [6.45, 7) is -0.253. The minimum atomic E-state index is -0.799. The van der Waals surface area contributed by atoms with Crippen LogP contribution >= 0.6 is 0 Å². The smallest absolute Gasteiger partial charge is 0.325 e. The van der Waals surface area contributed by atoms with Gasteiger partial charge in [0.2, 0.25) is 0 Å². The second-order valence-electron chi connectivity index (χ2n) is 7.45. The Kier molecular flexibility index (Phi) is 4.81. The van der Waals surface area contributed by atoms with E-state index in [4.69, 9.17) is 4.74 Å². The lowest BCUT2D eigenvalue weighted by Crippen LogP contribution is -2.44. The summed E-state index contributed by atoms with van der Waals surface area (Å²) in [6.07, 6.45) is 2.88. The topological polar surface area (TPSA) is 113 Å². The lowest BCUT2D eigenvalue weighted by Gasteiger charge is -2.19. The molecule has 0 aromatic heterocycles. The average Bonchev–Trinajstić information content (AvgIpc) is 3.34. The van der Waals surface area contributed by atoms with Crippen LogP contribution in [-0.4, -0.2) is 64.8 Å². The zero-order valence-electron chi connectivity index (χ0n) is 15.8. The first-order valence-electron chi connectivity index (χ1n) is 9.68. The van der Waals surface area contributed by atoms with Crippen molar-refractivity contribution in [2.24, 2.45) is 0 Å². The molecule has 0 bridgehead atoms. The summed E-state index contributed by atoms with van der Waals surface area (Å²) in [5.74, 6) is -1.71. The number of rotatable bonds is 6. The summed E-state index contributed by atoms with van der Waals surface area (Å²) in [7, 11) is 0. The molecule has 0 atom stereocenters. The van der Waals surface area contributed by atoms with Crippen molar-refractivity contribution in [3.63, 3.8) is 0 Å². The molecule has 1 aromatic rings. The molecule has 152 valence electrons. The number of hydrogen-bond donors (Lipinski definition) is 1. The molecular formula is C20H21N3O6. The molecule has 1 aromatic carbocycles. The summed E-state index contributed by atoms with van der Waals surface area (Å²) in [4.78, 5) is 63.2. The highest BCUT2D eigenvalue weighted by molar-refractivity contribution is 6.21. The first-order valence-corrected chi connectivity index (χ1v) is 9.68. The molecule has 1 saturated heterocycles. The van der Waals surface area contributed by atoms with E-state index in [1.165, 1.54) is 0 Å². The second kappa shape index (κ2) is 7.31. The highest BCUT2D eigenvalue weighted by atomic mass is 16.5. The van der Waals surface area contributed by atoms with Crippen LogP contribution in [0.25, 0.3) is 0 Å². The molecule has 2 aliphatic heterocycles. The van der Waals surface area contributed by atoms with Crippen molar-refractivity contribution in [2.75, 3.05) is 19.7 Å². The van der Waals surface area contributed by atoms with E-state index in [1.54, 1.807) is 24.3 Å². The minimum Gasteiger partial charge on any atom is -0.464 e. The summed E-state index contributed by atoms with van der Waals surface area (Å²) in [6, 6.07) is 6.04. The first-order chi connectivity index (χ1) is 13.9. The number of nitrogens with one attached hydrogen (secondary N) is 1. The average molecular weight is 399 g/mol. The maximum atomic E-state index is 12.5. The van der Waals surface area contributed by atoms with Crippen molar-refractivity contribution in [3.8, 4) is 0 Å². The van der Waals surface area contributed by atoms with Gasteiger partial charge in [-0.05, 0) is 25.0 Å². The van der Waals surface area contributed by atoms with Gasteiger partial charge < -0.3 is 10.1 Å². The highest BCUT2D eigenvalue weighted by Crippen LogP contribution is 2.35. The van der Waals surface area contributed by atoms with Gasteiger partial charge in [0, 0.05) is 6.54 Å². The Balaban J connectivity index is 1.24. The Morgan fingerprint density at radius 2 is 1.59 bits per heavy atom. The second-order valence-corrected chi connectivity index (χ2v) is 7.45. The number of benzene rings is 1. The molecule has 0 radical (unpaired) electrons. The van der Waals surface area contributed by atoms with Crippen molar-refractivity contribution >= 4 is 29.7 Å². The summed E-state index contributed by atoms with van der Waals surface area (Å²) < 4.78 is 5.09. The molecular weight excluding hydrogens is 378 g/mol. The SMILES string of the molecule is O=C(CCN1C(=O)NC2(CCCC2)C1=O)OCCN1C(=O)c2ccccc2C1=O. The van der Waals surface area contributed by atoms with Crippen LogP contribution in [0.5, 0.6) is 0 Å². The minimum absolute atomic E-state index is 0.0513. The zero-order valence-corrected chi connectivity index (χ0v) is 15.8. The number of fused-ring (bicyclic) bond motifs is 1. The molecule has 0 unspecified atom stereocenters. The fourth-order valence-corrected chi connectivity index (χ4v) is 4.16. The van der Waals surface area contributed by atoms with Gasteiger partial charge in [0.1, 0.15) is 12.1 Å². The van der Waals surface area contributed by atoms with Crippen molar-refractivity contribution < 1.29 is 28.7 Å². The van der Waals surface area contributed by atoms with E-state index in [2.05, 4.69) is 5.32 Å². The number of imide groups is 2. The third-order valence-corrected chi connectivity index (χ3v) is 5.70. The number of esters is 1. The van der Waals surface area contributed by atoms with Crippen LogP contribution in [0.4, 0.5) is 4.79 Å². The summed E-state index contributed by atoms with van der Waals surface area (Å²) in [5.41, 5.74) is -0.126. The predicted molar refractivity (Wildman–Crippen MR) is 98.8 cm³/mol. The van der Waals surface area contributed by atoms with Gasteiger partial charge in [-0.1, -0.05) is 25.0 Å². The fourth-order valence-electron chi connectivity index (χ4n) is 4.16. The van der Waals surface area contributed by atoms with Crippen molar-refractivity contribution in [3.05, 3.63) is 35.4 Å². The van der Waals surface area contributed by atoms with Gasteiger partial charge in [0.15, 0.2) is 0 Å². The van der Waals surface area contributed by atoms with Gasteiger partial charge in [-0.25, -0.2) is 4.79 Å². The zero-order chi connectivity index (χ0) is 20.6. The van der Waals surface area contributed by atoms with Crippen molar-refractivity contribution in [2.45, 2.75) is 37.6 Å².